The average Bonchev–Trinajstić information content (AvgIpc) is 3.26. The molecule has 1 atom stereocenters. The third-order valence-corrected chi connectivity index (χ3v) is 7.51. The highest BCUT2D eigenvalue weighted by Crippen LogP contribution is 2.42. The normalized spacial score (nSPS) is 11.5. The molecular formula is C29H26NO5S+. The maximum atomic E-state index is 12.5. The van der Waals surface area contributed by atoms with E-state index in [0.717, 1.165) is 11.1 Å². The Morgan fingerprint density at radius 1 is 1.03 bits per heavy atom. The molecule has 1 unspecified atom stereocenters. The van der Waals surface area contributed by atoms with Crippen LogP contribution in [0.15, 0.2) is 72.1 Å². The molecule has 0 fully saturated rings. The summed E-state index contributed by atoms with van der Waals surface area (Å²) in [5, 5.41) is 14.3. The molecule has 0 aliphatic heterocycles. The maximum Gasteiger partial charge on any atom is 0.345 e. The van der Waals surface area contributed by atoms with Crippen LogP contribution in [0, 0.1) is 35.8 Å². The molecule has 0 saturated heterocycles. The van der Waals surface area contributed by atoms with Crippen LogP contribution in [-0.2, 0) is 9.53 Å². The lowest BCUT2D eigenvalue weighted by atomic mass is 10.1. The van der Waals surface area contributed by atoms with E-state index in [2.05, 4.69) is 53.6 Å². The average molecular weight is 501 g/mol. The van der Waals surface area contributed by atoms with Gasteiger partial charge in [-0.3, -0.25) is 10.1 Å². The molecule has 4 rings (SSSR count). The van der Waals surface area contributed by atoms with E-state index in [1.165, 1.54) is 27.1 Å². The van der Waals surface area contributed by atoms with Crippen LogP contribution >= 0.6 is 10.5 Å². The van der Waals surface area contributed by atoms with E-state index in [1.54, 1.807) is 26.0 Å². The van der Waals surface area contributed by atoms with Crippen molar-refractivity contribution >= 4 is 32.2 Å². The Balaban J connectivity index is 1.41. The second kappa shape index (κ2) is 10.2. The van der Waals surface area contributed by atoms with Crippen molar-refractivity contribution in [1.82, 2.24) is 0 Å². The molecule has 0 saturated carbocycles. The number of benzene rings is 3. The Morgan fingerprint density at radius 3 is 2.36 bits per heavy atom. The molecule has 0 spiro atoms. The molecule has 7 heteroatoms. The van der Waals surface area contributed by atoms with E-state index < -0.39 is 16.5 Å². The third-order valence-electron chi connectivity index (χ3n) is 5.52. The number of fused-ring (bicyclic) bond motifs is 1. The van der Waals surface area contributed by atoms with Crippen LogP contribution in [0.3, 0.4) is 0 Å². The van der Waals surface area contributed by atoms with E-state index in [1.807, 2.05) is 19.9 Å². The van der Waals surface area contributed by atoms with E-state index in [9.17, 15) is 14.9 Å². The molecule has 6 nitrogen and oxygen atoms in total. The predicted octanol–water partition coefficient (Wildman–Crippen LogP) is 6.86. The topological polar surface area (TPSA) is 78.7 Å². The van der Waals surface area contributed by atoms with Crippen LogP contribution in [0.4, 0.5) is 5.69 Å². The number of hydrogen-bond donors (Lipinski definition) is 0. The summed E-state index contributed by atoms with van der Waals surface area (Å²) >= 11 is 0. The zero-order valence-electron chi connectivity index (χ0n) is 20.5. The van der Waals surface area contributed by atoms with Gasteiger partial charge in [0.25, 0.3) is 5.69 Å². The first-order chi connectivity index (χ1) is 17.1. The molecule has 0 aliphatic rings. The van der Waals surface area contributed by atoms with Gasteiger partial charge in [-0.15, -0.1) is 0 Å². The first kappa shape index (κ1) is 25.0. The SMILES string of the molecule is Cc1cc(-[s+]2ccc3ccccc32)cc(C)c1OCC(=O)OC(C)(C)C#Cc1ccc([N+](=O)[O-])cc1. The van der Waals surface area contributed by atoms with Crippen molar-refractivity contribution in [2.45, 2.75) is 33.3 Å². The molecule has 0 radical (unpaired) electrons. The molecule has 1 aromatic heterocycles. The Bertz CT molecular complexity index is 1480. The molecule has 0 N–H and O–H groups in total. The first-order valence-electron chi connectivity index (χ1n) is 11.4. The third kappa shape index (κ3) is 5.73. The minimum Gasteiger partial charge on any atom is -0.481 e. The second-order valence-corrected chi connectivity index (χ2v) is 10.8. The summed E-state index contributed by atoms with van der Waals surface area (Å²) in [6.45, 7) is 7.08. The molecule has 0 aliphatic carbocycles. The van der Waals surface area contributed by atoms with Crippen LogP contribution in [-0.4, -0.2) is 23.1 Å². The highest BCUT2D eigenvalue weighted by atomic mass is 32.2. The monoisotopic (exact) mass is 500 g/mol. The summed E-state index contributed by atoms with van der Waals surface area (Å²) in [5.74, 6) is 5.93. The zero-order valence-corrected chi connectivity index (χ0v) is 21.3. The number of esters is 1. The van der Waals surface area contributed by atoms with Gasteiger partial charge in [-0.2, -0.15) is 0 Å². The summed E-state index contributed by atoms with van der Waals surface area (Å²) in [4.78, 5) is 24.0. The minimum atomic E-state index is -1.06. The van der Waals surface area contributed by atoms with Crippen LogP contribution < -0.4 is 4.74 Å². The van der Waals surface area contributed by atoms with Crippen LogP contribution in [0.1, 0.15) is 30.5 Å². The lowest BCUT2D eigenvalue weighted by molar-refractivity contribution is -0.384. The van der Waals surface area contributed by atoms with Gasteiger partial charge in [0.05, 0.1) is 4.92 Å². The van der Waals surface area contributed by atoms with Gasteiger partial charge >= 0.3 is 5.97 Å². The predicted molar refractivity (Wildman–Crippen MR) is 143 cm³/mol. The van der Waals surface area contributed by atoms with Gasteiger partial charge in [0.1, 0.15) is 11.1 Å². The highest BCUT2D eigenvalue weighted by molar-refractivity contribution is 7.43. The second-order valence-electron chi connectivity index (χ2n) is 8.89. The summed E-state index contributed by atoms with van der Waals surface area (Å²) < 4.78 is 12.7. The molecule has 182 valence electrons. The standard InChI is InChI=1S/C29H26NO5S/c1-20-17-25(36-16-14-23-7-5-6-8-26(23)36)18-21(2)28(20)34-19-27(31)35-29(3,4)15-13-22-9-11-24(12-10-22)30(32)33/h5-12,14,16-18H,19H2,1-4H3/q+1. The number of thiophene rings is 1. The first-order valence-corrected chi connectivity index (χ1v) is 12.7. The number of nitrogens with zero attached hydrogens (tertiary/aromatic N) is 1. The molecule has 4 aromatic rings. The van der Waals surface area contributed by atoms with Gasteiger partial charge in [-0.05, 0) is 63.1 Å². The number of ether oxygens (including phenoxy) is 2. The number of aryl methyl sites for hydroxylation is 2. The van der Waals surface area contributed by atoms with Crippen molar-refractivity contribution in [2.75, 3.05) is 6.61 Å². The Hall–Kier alpha value is -4.15. The summed E-state index contributed by atoms with van der Waals surface area (Å²) in [7, 11) is -0.119. The van der Waals surface area contributed by atoms with Crippen LogP contribution in [0.2, 0.25) is 0 Å². The molecule has 0 amide bonds. The van der Waals surface area contributed by atoms with Crippen molar-refractivity contribution in [2.24, 2.45) is 0 Å². The number of nitro groups is 1. The maximum absolute atomic E-state index is 12.5. The Kier molecular flexibility index (Phi) is 7.09. The number of carbonyl (C=O) groups is 1. The van der Waals surface area contributed by atoms with Gasteiger partial charge in [-0.1, -0.05) is 24.0 Å². The van der Waals surface area contributed by atoms with E-state index in [0.29, 0.717) is 11.3 Å². The number of non-ortho nitro benzene ring substituents is 1. The van der Waals surface area contributed by atoms with Crippen molar-refractivity contribution in [3.8, 4) is 22.5 Å². The number of rotatable bonds is 6. The lowest BCUT2D eigenvalue weighted by Crippen LogP contribution is -2.29. The summed E-state index contributed by atoms with van der Waals surface area (Å²) in [6, 6.07) is 20.7. The lowest BCUT2D eigenvalue weighted by Gasteiger charge is -2.19. The summed E-state index contributed by atoms with van der Waals surface area (Å²) in [6.07, 6.45) is 0. The quantitative estimate of drug-likeness (QED) is 0.0950. The number of nitro benzene ring substituents is 1. The smallest absolute Gasteiger partial charge is 0.345 e. The molecule has 3 aromatic carbocycles. The van der Waals surface area contributed by atoms with Crippen LogP contribution in [0.25, 0.3) is 15.0 Å². The fourth-order valence-electron chi connectivity index (χ4n) is 3.86. The summed E-state index contributed by atoms with van der Waals surface area (Å²) in [5.41, 5.74) is 1.44. The number of hydrogen-bond acceptors (Lipinski definition) is 5. The van der Waals surface area contributed by atoms with E-state index >= 15 is 0 Å². The largest absolute Gasteiger partial charge is 0.481 e. The van der Waals surface area contributed by atoms with Crippen LogP contribution in [0.5, 0.6) is 5.75 Å². The van der Waals surface area contributed by atoms with Gasteiger partial charge in [0.2, 0.25) is 0 Å². The number of carbonyl (C=O) groups excluding carboxylic acids is 1. The van der Waals surface area contributed by atoms with Crippen molar-refractivity contribution < 1.29 is 19.2 Å². The zero-order chi connectivity index (χ0) is 25.9. The van der Waals surface area contributed by atoms with E-state index in [-0.39, 0.29) is 22.8 Å². The van der Waals surface area contributed by atoms with E-state index in [4.69, 9.17) is 9.47 Å². The Morgan fingerprint density at radius 2 is 1.69 bits per heavy atom. The molecule has 0 bridgehead atoms. The van der Waals surface area contributed by atoms with Gasteiger partial charge in [-0.25, -0.2) is 4.79 Å². The minimum absolute atomic E-state index is 0.00741. The van der Waals surface area contributed by atoms with Crippen molar-refractivity contribution in [3.63, 3.8) is 0 Å². The van der Waals surface area contributed by atoms with Gasteiger partial charge in [0.15, 0.2) is 21.8 Å². The van der Waals surface area contributed by atoms with Crippen molar-refractivity contribution in [3.05, 3.63) is 98.9 Å². The Labute approximate surface area is 212 Å². The van der Waals surface area contributed by atoms with Gasteiger partial charge in [0, 0.05) is 51.8 Å². The molecule has 1 heterocycles. The van der Waals surface area contributed by atoms with Crippen molar-refractivity contribution in [1.29, 1.82) is 0 Å². The van der Waals surface area contributed by atoms with Gasteiger partial charge < -0.3 is 9.47 Å². The molecular weight excluding hydrogens is 474 g/mol. The fraction of sp³-hybridized carbons (Fsp3) is 0.207. The molecule has 36 heavy (non-hydrogen) atoms. The fourth-order valence-corrected chi connectivity index (χ4v) is 5.93. The highest BCUT2D eigenvalue weighted by Gasteiger charge is 2.22.